The van der Waals surface area contributed by atoms with Crippen molar-refractivity contribution in [1.29, 1.82) is 0 Å². The molecule has 0 radical (unpaired) electrons. The zero-order valence-corrected chi connectivity index (χ0v) is 10.9. The van der Waals surface area contributed by atoms with E-state index < -0.39 is 0 Å². The molecule has 0 fully saturated rings. The van der Waals surface area contributed by atoms with Crippen molar-refractivity contribution in [2.75, 3.05) is 13.2 Å². The van der Waals surface area contributed by atoms with E-state index in [1.807, 2.05) is 12.3 Å². The van der Waals surface area contributed by atoms with Crippen LogP contribution in [-0.2, 0) is 0 Å². The molecule has 0 aliphatic carbocycles. The monoisotopic (exact) mass is 265 g/mol. The minimum atomic E-state index is -0.165. The van der Waals surface area contributed by atoms with Crippen LogP contribution in [0.4, 0.5) is 0 Å². The lowest BCUT2D eigenvalue weighted by atomic mass is 10.2. The summed E-state index contributed by atoms with van der Waals surface area (Å²) in [6.45, 7) is 2.50. The number of hydrogen-bond acceptors (Lipinski definition) is 4. The maximum absolute atomic E-state index is 11.7. The number of aliphatic hydroxyl groups excluding tert-OH is 1. The van der Waals surface area contributed by atoms with Crippen LogP contribution < -0.4 is 5.32 Å². The highest BCUT2D eigenvalue weighted by Crippen LogP contribution is 2.22. The van der Waals surface area contributed by atoms with E-state index in [2.05, 4.69) is 15.3 Å². The predicted molar refractivity (Wildman–Crippen MR) is 70.7 cm³/mol. The maximum Gasteiger partial charge on any atom is 0.267 e. The van der Waals surface area contributed by atoms with Gasteiger partial charge in [0.1, 0.15) is 5.69 Å². The van der Waals surface area contributed by atoms with Crippen LogP contribution in [0.1, 0.15) is 21.9 Å². The Morgan fingerprint density at radius 1 is 1.61 bits per heavy atom. The summed E-state index contributed by atoms with van der Waals surface area (Å²) in [5, 5.41) is 14.3. The Labute approximate surface area is 109 Å². The van der Waals surface area contributed by atoms with Gasteiger partial charge in [0.15, 0.2) is 0 Å². The molecule has 0 unspecified atom stereocenters. The fourth-order valence-corrected chi connectivity index (χ4v) is 2.17. The minimum Gasteiger partial charge on any atom is -0.396 e. The number of thiazole rings is 1. The Kier molecular flexibility index (Phi) is 4.11. The molecule has 0 saturated carbocycles. The molecule has 5 nitrogen and oxygen atoms in total. The third kappa shape index (κ3) is 2.96. The number of aliphatic hydroxyl groups is 1. The molecule has 0 bridgehead atoms. The lowest BCUT2D eigenvalue weighted by Gasteiger charge is -2.00. The summed E-state index contributed by atoms with van der Waals surface area (Å²) in [6.07, 6.45) is 2.33. The van der Waals surface area contributed by atoms with Crippen molar-refractivity contribution in [3.05, 3.63) is 28.3 Å². The van der Waals surface area contributed by atoms with E-state index in [1.165, 1.54) is 0 Å². The zero-order valence-electron chi connectivity index (χ0n) is 10.1. The highest BCUT2D eigenvalue weighted by atomic mass is 32.1. The molecule has 0 aliphatic rings. The van der Waals surface area contributed by atoms with E-state index >= 15 is 0 Å². The number of carbonyl (C=O) groups is 1. The average molecular weight is 265 g/mol. The number of aromatic amines is 1. The van der Waals surface area contributed by atoms with Crippen molar-refractivity contribution < 1.29 is 9.90 Å². The van der Waals surface area contributed by atoms with Crippen molar-refractivity contribution in [3.63, 3.8) is 0 Å². The normalized spacial score (nSPS) is 10.6. The number of amides is 1. The number of carbonyl (C=O) groups excluding carboxylic acids is 1. The van der Waals surface area contributed by atoms with Crippen molar-refractivity contribution >= 4 is 17.2 Å². The van der Waals surface area contributed by atoms with Crippen LogP contribution >= 0.6 is 11.3 Å². The molecule has 2 aromatic heterocycles. The number of nitrogens with one attached hydrogen (secondary N) is 2. The number of aromatic nitrogens is 2. The van der Waals surface area contributed by atoms with E-state index in [-0.39, 0.29) is 12.5 Å². The SMILES string of the molecule is Cc1nc(-c2c[nH]c(C(=O)NCCCO)c2)cs1. The van der Waals surface area contributed by atoms with Crippen molar-refractivity contribution in [1.82, 2.24) is 15.3 Å². The smallest absolute Gasteiger partial charge is 0.267 e. The Morgan fingerprint density at radius 2 is 2.44 bits per heavy atom. The highest BCUT2D eigenvalue weighted by Gasteiger charge is 2.10. The number of aryl methyl sites for hydroxylation is 1. The van der Waals surface area contributed by atoms with Crippen LogP contribution in [-0.4, -0.2) is 34.1 Å². The first-order chi connectivity index (χ1) is 8.70. The zero-order chi connectivity index (χ0) is 13.0. The van der Waals surface area contributed by atoms with Crippen molar-refractivity contribution in [2.24, 2.45) is 0 Å². The van der Waals surface area contributed by atoms with Crippen molar-refractivity contribution in [3.8, 4) is 11.3 Å². The molecule has 2 aromatic rings. The third-order valence-electron chi connectivity index (χ3n) is 2.46. The maximum atomic E-state index is 11.7. The van der Waals surface area contributed by atoms with E-state index in [0.29, 0.717) is 18.7 Å². The predicted octanol–water partition coefficient (Wildman–Crippen LogP) is 1.56. The van der Waals surface area contributed by atoms with Gasteiger partial charge < -0.3 is 15.4 Å². The molecule has 0 saturated heterocycles. The summed E-state index contributed by atoms with van der Waals surface area (Å²) < 4.78 is 0. The molecular formula is C12H15N3O2S. The van der Waals surface area contributed by atoms with E-state index in [4.69, 9.17) is 5.11 Å². The second kappa shape index (κ2) is 5.79. The topological polar surface area (TPSA) is 78.0 Å². The van der Waals surface area contributed by atoms with Crippen LogP contribution in [0.25, 0.3) is 11.3 Å². The van der Waals surface area contributed by atoms with Gasteiger partial charge in [-0.05, 0) is 19.4 Å². The molecule has 3 N–H and O–H groups in total. The van der Waals surface area contributed by atoms with Gasteiger partial charge >= 0.3 is 0 Å². The molecule has 18 heavy (non-hydrogen) atoms. The second-order valence-electron chi connectivity index (χ2n) is 3.89. The van der Waals surface area contributed by atoms with E-state index in [9.17, 15) is 4.79 Å². The van der Waals surface area contributed by atoms with E-state index in [1.54, 1.807) is 23.6 Å². The molecule has 0 aliphatic heterocycles. The van der Waals surface area contributed by atoms with Crippen LogP contribution in [0.3, 0.4) is 0 Å². The highest BCUT2D eigenvalue weighted by molar-refractivity contribution is 7.09. The van der Waals surface area contributed by atoms with Gasteiger partial charge in [-0.15, -0.1) is 11.3 Å². The van der Waals surface area contributed by atoms with Gasteiger partial charge in [-0.1, -0.05) is 0 Å². The lowest BCUT2D eigenvalue weighted by molar-refractivity contribution is 0.0947. The standard InChI is InChI=1S/C12H15N3O2S/c1-8-15-11(7-18-8)9-5-10(14-6-9)12(17)13-3-2-4-16/h5-7,14,16H,2-4H2,1H3,(H,13,17). The van der Waals surface area contributed by atoms with Gasteiger partial charge in [0, 0.05) is 30.3 Å². The van der Waals surface area contributed by atoms with Gasteiger partial charge in [-0.2, -0.15) is 0 Å². The van der Waals surface area contributed by atoms with Gasteiger partial charge in [0.25, 0.3) is 5.91 Å². The summed E-state index contributed by atoms with van der Waals surface area (Å²) in [5.74, 6) is -0.165. The molecule has 1 amide bonds. The van der Waals surface area contributed by atoms with Crippen LogP contribution in [0.15, 0.2) is 17.6 Å². The van der Waals surface area contributed by atoms with Gasteiger partial charge in [-0.25, -0.2) is 4.98 Å². The Hall–Kier alpha value is -1.66. The summed E-state index contributed by atoms with van der Waals surface area (Å²) in [5.41, 5.74) is 2.29. The summed E-state index contributed by atoms with van der Waals surface area (Å²) in [7, 11) is 0. The van der Waals surface area contributed by atoms with Gasteiger partial charge in [0.2, 0.25) is 0 Å². The molecule has 0 aromatic carbocycles. The van der Waals surface area contributed by atoms with E-state index in [0.717, 1.165) is 16.3 Å². The quantitative estimate of drug-likeness (QED) is 0.718. The fraction of sp³-hybridized carbons (Fsp3) is 0.333. The van der Waals surface area contributed by atoms with Crippen LogP contribution in [0.2, 0.25) is 0 Å². The average Bonchev–Trinajstić information content (AvgIpc) is 2.97. The third-order valence-corrected chi connectivity index (χ3v) is 3.24. The Morgan fingerprint density at radius 3 is 3.11 bits per heavy atom. The molecule has 96 valence electrons. The Bertz CT molecular complexity index is 533. The summed E-state index contributed by atoms with van der Waals surface area (Å²) in [6, 6.07) is 1.78. The number of H-pyrrole nitrogens is 1. The van der Waals surface area contributed by atoms with Crippen LogP contribution in [0, 0.1) is 6.92 Å². The summed E-state index contributed by atoms with van der Waals surface area (Å²) in [4.78, 5) is 19.0. The first-order valence-corrected chi connectivity index (χ1v) is 6.58. The number of hydrogen-bond donors (Lipinski definition) is 3. The second-order valence-corrected chi connectivity index (χ2v) is 4.95. The first kappa shape index (κ1) is 12.8. The Balaban J connectivity index is 2.04. The molecule has 6 heteroatoms. The molecule has 0 spiro atoms. The van der Waals surface area contributed by atoms with Gasteiger partial charge in [0.05, 0.1) is 10.7 Å². The van der Waals surface area contributed by atoms with Crippen LogP contribution in [0.5, 0.6) is 0 Å². The largest absolute Gasteiger partial charge is 0.396 e. The van der Waals surface area contributed by atoms with Gasteiger partial charge in [-0.3, -0.25) is 4.79 Å². The molecule has 0 atom stereocenters. The lowest BCUT2D eigenvalue weighted by Crippen LogP contribution is -2.25. The number of rotatable bonds is 5. The summed E-state index contributed by atoms with van der Waals surface area (Å²) >= 11 is 1.58. The fourth-order valence-electron chi connectivity index (χ4n) is 1.55. The minimum absolute atomic E-state index is 0.0777. The number of nitrogens with zero attached hydrogens (tertiary/aromatic N) is 1. The van der Waals surface area contributed by atoms with Crippen molar-refractivity contribution in [2.45, 2.75) is 13.3 Å². The molecule has 2 heterocycles. The first-order valence-electron chi connectivity index (χ1n) is 5.70. The molecule has 2 rings (SSSR count). The molecular weight excluding hydrogens is 250 g/mol.